The van der Waals surface area contributed by atoms with Crippen LogP contribution in [-0.2, 0) is 27.3 Å². The Hall–Kier alpha value is -6.71. The second-order valence-corrected chi connectivity index (χ2v) is 13.5. The summed E-state index contributed by atoms with van der Waals surface area (Å²) >= 11 is 0. The Balaban J connectivity index is 1.42. The highest BCUT2D eigenvalue weighted by Gasteiger charge is 2.27. The van der Waals surface area contributed by atoms with Crippen LogP contribution in [0.1, 0.15) is 63.7 Å². The van der Waals surface area contributed by atoms with Gasteiger partial charge in [-0.15, -0.1) is 0 Å². The Labute approximate surface area is 330 Å². The zero-order valence-corrected chi connectivity index (χ0v) is 32.4. The summed E-state index contributed by atoms with van der Waals surface area (Å²) < 4.78 is 17.2. The molecule has 0 fully saturated rings. The van der Waals surface area contributed by atoms with Crippen LogP contribution in [0.4, 0.5) is 5.95 Å². The molecule has 0 radical (unpaired) electrons. The first-order valence-electron chi connectivity index (χ1n) is 18.6. The average Bonchev–Trinajstić information content (AvgIpc) is 3.20. The molecule has 3 heterocycles. The van der Waals surface area contributed by atoms with Crippen LogP contribution in [-0.4, -0.2) is 90.3 Å². The molecule has 0 aliphatic carbocycles. The molecule has 0 spiro atoms. The van der Waals surface area contributed by atoms with Crippen molar-refractivity contribution in [2.75, 3.05) is 39.6 Å². The molecule has 2 aliphatic heterocycles. The maximum atomic E-state index is 13.8. The quantitative estimate of drug-likeness (QED) is 0.179. The van der Waals surface area contributed by atoms with Gasteiger partial charge in [0.05, 0.1) is 32.0 Å². The van der Waals surface area contributed by atoms with Crippen molar-refractivity contribution in [3.8, 4) is 23.0 Å². The fraction of sp³-hybridized carbons (Fsp3) is 0.341. The Morgan fingerprint density at radius 1 is 0.930 bits per heavy atom. The molecule has 4 aromatic rings. The molecule has 5 amide bonds. The molecule has 0 saturated carbocycles. The number of anilines is 1. The number of amides is 5. The van der Waals surface area contributed by atoms with Crippen molar-refractivity contribution in [1.82, 2.24) is 36.1 Å². The van der Waals surface area contributed by atoms with Crippen LogP contribution in [0.25, 0.3) is 0 Å². The highest BCUT2D eigenvalue weighted by molar-refractivity contribution is 5.98. The number of carbonyl (C=O) groups excluding carboxylic acids is 5. The van der Waals surface area contributed by atoms with E-state index in [0.29, 0.717) is 59.1 Å². The number of nitrogens with zero attached hydrogens (tertiary/aromatic N) is 3. The molecule has 16 nitrogen and oxygen atoms in total. The van der Waals surface area contributed by atoms with Gasteiger partial charge in [-0.3, -0.25) is 24.0 Å². The Bertz CT molecular complexity index is 2080. The predicted molar refractivity (Wildman–Crippen MR) is 211 cm³/mol. The van der Waals surface area contributed by atoms with E-state index in [9.17, 15) is 24.0 Å². The first-order valence-corrected chi connectivity index (χ1v) is 18.6. The maximum absolute atomic E-state index is 13.8. The van der Waals surface area contributed by atoms with Gasteiger partial charge < -0.3 is 46.1 Å². The molecule has 0 saturated heterocycles. The van der Waals surface area contributed by atoms with Crippen LogP contribution in [0.2, 0.25) is 0 Å². The summed E-state index contributed by atoms with van der Waals surface area (Å²) in [4.78, 5) is 77.2. The Morgan fingerprint density at radius 3 is 2.44 bits per heavy atom. The van der Waals surface area contributed by atoms with E-state index in [2.05, 4.69) is 31.2 Å². The number of aromatic nitrogens is 2. The summed E-state index contributed by atoms with van der Waals surface area (Å²) in [6.45, 7) is 3.24. The fourth-order valence-corrected chi connectivity index (χ4v) is 6.16. The second kappa shape index (κ2) is 19.7. The minimum absolute atomic E-state index is 0.000421. The molecule has 2 aliphatic rings. The second-order valence-electron chi connectivity index (χ2n) is 13.5. The van der Waals surface area contributed by atoms with E-state index in [1.807, 2.05) is 30.3 Å². The third-order valence-corrected chi connectivity index (χ3v) is 9.32. The van der Waals surface area contributed by atoms with E-state index in [1.54, 1.807) is 50.2 Å². The first kappa shape index (κ1) is 41.5. The number of hydrogen-bond acceptors (Lipinski definition) is 11. The van der Waals surface area contributed by atoms with Crippen molar-refractivity contribution >= 4 is 35.5 Å². The lowest BCUT2D eigenvalue weighted by atomic mass is 10.0. The van der Waals surface area contributed by atoms with Gasteiger partial charge in [0.2, 0.25) is 23.7 Å². The number of nitrogens with two attached hydrogens (primary N) is 1. The van der Waals surface area contributed by atoms with Gasteiger partial charge in [0, 0.05) is 43.0 Å². The van der Waals surface area contributed by atoms with Crippen LogP contribution in [0.3, 0.4) is 0 Å². The number of fused-ring (bicyclic) bond motifs is 18. The number of carbonyl (C=O) groups is 5. The van der Waals surface area contributed by atoms with E-state index in [-0.39, 0.29) is 43.5 Å². The maximum Gasteiger partial charge on any atom is 0.257 e. The third kappa shape index (κ3) is 11.4. The molecule has 57 heavy (non-hydrogen) atoms. The molecular weight excluding hydrogens is 732 g/mol. The lowest BCUT2D eigenvalue weighted by Crippen LogP contribution is -2.54. The molecule has 1 aromatic heterocycles. The monoisotopic (exact) mass is 780 g/mol. The standard InChI is InChI=1S/C41H48N8O8/c1-25-31(23-45-41(42)47-25)40(54)49-19-9-8-18-43-38(52)28-14-17-33(55-3)35(20-28)57-30-15-13-29(34(21-30)56-4)22-44-37(51)26(2)46-39(53)32(48-36(50)24-49)16-12-27-10-6-5-7-11-27/h5-7,10-11,13-15,17,20-21,23,26,32H,8-9,12,16,18-19,22,24H2,1-4H3,(H,43,52)(H,44,51)(H,46,53)(H,48,50)(H2,42,45,47)/t26-,32-/m0/s1. The van der Waals surface area contributed by atoms with E-state index in [0.717, 1.165) is 5.56 Å². The highest BCUT2D eigenvalue weighted by atomic mass is 16.5. The van der Waals surface area contributed by atoms with E-state index >= 15 is 0 Å². The van der Waals surface area contributed by atoms with Gasteiger partial charge in [-0.2, -0.15) is 0 Å². The molecule has 16 heteroatoms. The van der Waals surface area contributed by atoms with Crippen molar-refractivity contribution in [2.45, 2.75) is 58.2 Å². The first-order chi connectivity index (χ1) is 27.4. The average molecular weight is 781 g/mol. The molecule has 6 N–H and O–H groups in total. The van der Waals surface area contributed by atoms with Crippen molar-refractivity contribution < 1.29 is 38.2 Å². The molecule has 300 valence electrons. The van der Waals surface area contributed by atoms with Crippen LogP contribution < -0.4 is 41.2 Å². The summed E-state index contributed by atoms with van der Waals surface area (Å²) in [6.07, 6.45) is 2.85. The molecular formula is C41H48N8O8. The van der Waals surface area contributed by atoms with E-state index < -0.39 is 42.3 Å². The van der Waals surface area contributed by atoms with Gasteiger partial charge in [0.25, 0.3) is 11.8 Å². The van der Waals surface area contributed by atoms with Gasteiger partial charge in [-0.25, -0.2) is 9.97 Å². The van der Waals surface area contributed by atoms with E-state index in [4.69, 9.17) is 19.9 Å². The van der Waals surface area contributed by atoms with Gasteiger partial charge in [0.15, 0.2) is 11.5 Å². The zero-order valence-electron chi connectivity index (χ0n) is 32.4. The van der Waals surface area contributed by atoms with Crippen molar-refractivity contribution in [3.05, 3.63) is 101 Å². The van der Waals surface area contributed by atoms with Crippen LogP contribution in [0, 0.1) is 6.92 Å². The minimum Gasteiger partial charge on any atom is -0.496 e. The van der Waals surface area contributed by atoms with Gasteiger partial charge in [-0.1, -0.05) is 30.3 Å². The number of rotatable bonds is 6. The number of benzene rings is 3. The summed E-state index contributed by atoms with van der Waals surface area (Å²) in [5.74, 6) is -0.971. The van der Waals surface area contributed by atoms with Crippen LogP contribution >= 0.6 is 0 Å². The molecule has 2 atom stereocenters. The lowest BCUT2D eigenvalue weighted by Gasteiger charge is -2.25. The van der Waals surface area contributed by atoms with Gasteiger partial charge in [-0.05, 0) is 75.4 Å². The Morgan fingerprint density at radius 2 is 1.70 bits per heavy atom. The number of ether oxygens (including phenoxy) is 3. The van der Waals surface area contributed by atoms with Crippen molar-refractivity contribution in [3.63, 3.8) is 0 Å². The number of hydrogen-bond donors (Lipinski definition) is 5. The number of nitrogens with one attached hydrogen (secondary N) is 4. The number of nitrogen functional groups attached to an aromatic ring is 1. The molecule has 4 bridgehead atoms. The normalized spacial score (nSPS) is 17.4. The largest absolute Gasteiger partial charge is 0.496 e. The third-order valence-electron chi connectivity index (χ3n) is 9.32. The summed E-state index contributed by atoms with van der Waals surface area (Å²) in [5.41, 5.74) is 8.14. The lowest BCUT2D eigenvalue weighted by molar-refractivity contribution is -0.132. The van der Waals surface area contributed by atoms with E-state index in [1.165, 1.54) is 25.3 Å². The van der Waals surface area contributed by atoms with Crippen LogP contribution in [0.5, 0.6) is 23.0 Å². The molecule has 6 rings (SSSR count). The molecule has 0 unspecified atom stereocenters. The fourth-order valence-electron chi connectivity index (χ4n) is 6.16. The summed E-state index contributed by atoms with van der Waals surface area (Å²) in [5, 5.41) is 11.2. The highest BCUT2D eigenvalue weighted by Crippen LogP contribution is 2.35. The smallest absolute Gasteiger partial charge is 0.257 e. The van der Waals surface area contributed by atoms with Crippen LogP contribution in [0.15, 0.2) is 72.9 Å². The SMILES string of the molecule is COc1cc2ccc1CNC(=O)[C@H](C)NC(=O)[C@H](CCc1ccccc1)NC(=O)CN(C(=O)c1cnc(N)nc1C)CCCCNC(=O)c1ccc(OC)c(c1)O2. The number of aryl methyl sites for hydroxylation is 2. The van der Waals surface area contributed by atoms with Gasteiger partial charge >= 0.3 is 0 Å². The summed E-state index contributed by atoms with van der Waals surface area (Å²) in [7, 11) is 2.98. The van der Waals surface area contributed by atoms with Gasteiger partial charge in [0.1, 0.15) is 23.6 Å². The molecule has 3 aromatic carbocycles. The van der Waals surface area contributed by atoms with Crippen molar-refractivity contribution in [1.29, 1.82) is 0 Å². The Kier molecular flexibility index (Phi) is 14.4. The summed E-state index contributed by atoms with van der Waals surface area (Å²) in [6, 6.07) is 17.3. The topological polar surface area (TPSA) is 216 Å². The predicted octanol–water partition coefficient (Wildman–Crippen LogP) is 3.08. The van der Waals surface area contributed by atoms with Crippen molar-refractivity contribution in [2.24, 2.45) is 0 Å². The zero-order chi connectivity index (χ0) is 40.9. The minimum atomic E-state index is -1.04. The number of methoxy groups -OCH3 is 2.